The molecular weight excluding hydrogens is 491 g/mol. The molecule has 0 saturated heterocycles. The van der Waals surface area contributed by atoms with Gasteiger partial charge in [0.1, 0.15) is 0 Å². The van der Waals surface area contributed by atoms with Crippen molar-refractivity contribution in [1.29, 1.82) is 0 Å². The zero-order chi connectivity index (χ0) is 23.5. The van der Waals surface area contributed by atoms with Crippen LogP contribution in [0, 0.1) is 0 Å². The van der Waals surface area contributed by atoms with Gasteiger partial charge in [-0.15, -0.1) is 11.5 Å². The first-order valence-electron chi connectivity index (χ1n) is 11.6. The summed E-state index contributed by atoms with van der Waals surface area (Å²) in [5.41, 5.74) is 3.46. The fraction of sp³-hybridized carbons (Fsp3) is 0.500. The number of rotatable bonds is 4. The van der Waals surface area contributed by atoms with Gasteiger partial charge in [-0.3, -0.25) is 9.98 Å². The number of aliphatic imine (C=N–C) groups is 2. The molecule has 1 saturated carbocycles. The largest absolute Gasteiger partial charge is 3.00 e. The molecule has 0 heterocycles. The van der Waals surface area contributed by atoms with Crippen molar-refractivity contribution in [3.8, 4) is 11.5 Å². The number of hydrogen-bond donors (Lipinski definition) is 0. The molecule has 186 valence electrons. The first-order chi connectivity index (χ1) is 14.9. The fourth-order valence-corrected chi connectivity index (χ4v) is 4.02. The summed E-state index contributed by atoms with van der Waals surface area (Å²) in [5, 5.41) is 24.7. The van der Waals surface area contributed by atoms with Crippen molar-refractivity contribution >= 4 is 12.4 Å². The predicted molar refractivity (Wildman–Crippen MR) is 130 cm³/mol. The van der Waals surface area contributed by atoms with Crippen LogP contribution in [0.15, 0.2) is 46.4 Å². The Bertz CT molecular complexity index is 925. The molecule has 2 aromatic rings. The van der Waals surface area contributed by atoms with Crippen molar-refractivity contribution in [2.24, 2.45) is 9.98 Å². The third-order valence-corrected chi connectivity index (χ3v) is 6.26. The van der Waals surface area contributed by atoms with Crippen LogP contribution in [0.4, 0.5) is 0 Å². The molecule has 0 unspecified atom stereocenters. The van der Waals surface area contributed by atoms with Gasteiger partial charge in [-0.1, -0.05) is 90.8 Å². The number of halogens is 1. The van der Waals surface area contributed by atoms with E-state index in [1.807, 2.05) is 24.3 Å². The van der Waals surface area contributed by atoms with Crippen molar-refractivity contribution < 1.29 is 39.4 Å². The van der Waals surface area contributed by atoms with Crippen molar-refractivity contribution in [2.45, 2.75) is 90.1 Å². The Kier molecular flexibility index (Phi) is 10.9. The van der Waals surface area contributed by atoms with Crippen LogP contribution in [0.2, 0.25) is 0 Å². The molecule has 6 heteroatoms. The topological polar surface area (TPSA) is 70.8 Å². The predicted octanol–water partition coefficient (Wildman–Crippen LogP) is 2.28. The molecule has 1 aliphatic rings. The molecule has 0 amide bonds. The van der Waals surface area contributed by atoms with Crippen LogP contribution in [0.1, 0.15) is 89.5 Å². The first kappa shape index (κ1) is 30.2. The summed E-state index contributed by atoms with van der Waals surface area (Å²) in [6.07, 6.45) is 7.56. The Morgan fingerprint density at radius 3 is 1.38 bits per heavy atom. The third kappa shape index (κ3) is 7.86. The Hall–Kier alpha value is -1.82. The maximum atomic E-state index is 12.4. The van der Waals surface area contributed by atoms with Gasteiger partial charge in [0.15, 0.2) is 0 Å². The standard InChI is InChI=1S/C28H38N2O2.ClH.Co/c1-27(2,3)21-11-13-25(31)19(15-21)17-29-23-9-7-8-10-24(23)30-18-20-16-22(28(4,5)6)12-14-26(20)32;;/h11-18,23-24,31-32H,7-10H2,1-6H3;1H;/q;;+3/p-3/t23-,24-;;/m0../s1. The summed E-state index contributed by atoms with van der Waals surface area (Å²) in [6, 6.07) is 11.0. The molecule has 2 aromatic carbocycles. The summed E-state index contributed by atoms with van der Waals surface area (Å²) in [4.78, 5) is 9.59. The molecule has 1 aliphatic carbocycles. The molecule has 0 aromatic heterocycles. The molecular formula is C28H36ClCoN2O2. The first-order valence-corrected chi connectivity index (χ1v) is 11.6. The van der Waals surface area contributed by atoms with E-state index in [1.165, 1.54) is 0 Å². The van der Waals surface area contributed by atoms with E-state index in [-0.39, 0.29) is 63.6 Å². The SMILES string of the molecule is CC(C)(C)c1ccc([O-])c(C=N[C@H]2CCCC[C@@H]2N=Cc2cc(C(C)(C)C)ccc2[O-])c1.[Cl-].[Co+3]. The van der Waals surface area contributed by atoms with E-state index in [0.717, 1.165) is 36.8 Å². The molecule has 0 bridgehead atoms. The minimum atomic E-state index is -0.0222. The van der Waals surface area contributed by atoms with E-state index in [4.69, 9.17) is 9.98 Å². The summed E-state index contributed by atoms with van der Waals surface area (Å²) >= 11 is 0. The second kappa shape index (κ2) is 12.2. The quantitative estimate of drug-likeness (QED) is 0.574. The number of hydrogen-bond acceptors (Lipinski definition) is 4. The Morgan fingerprint density at radius 1 is 0.706 bits per heavy atom. The van der Waals surface area contributed by atoms with Crippen molar-refractivity contribution in [3.63, 3.8) is 0 Å². The van der Waals surface area contributed by atoms with Crippen LogP contribution in [-0.4, -0.2) is 24.5 Å². The van der Waals surface area contributed by atoms with Gasteiger partial charge >= 0.3 is 16.8 Å². The van der Waals surface area contributed by atoms with Crippen molar-refractivity contribution in [1.82, 2.24) is 0 Å². The molecule has 2 atom stereocenters. The van der Waals surface area contributed by atoms with Gasteiger partial charge in [0, 0.05) is 12.4 Å². The minimum absolute atomic E-state index is 0. The number of benzene rings is 2. The van der Waals surface area contributed by atoms with Crippen LogP contribution in [0.3, 0.4) is 0 Å². The smallest absolute Gasteiger partial charge is 1.00 e. The summed E-state index contributed by atoms with van der Waals surface area (Å²) in [5.74, 6) is -0.0137. The second-order valence-electron chi connectivity index (χ2n) is 11.0. The van der Waals surface area contributed by atoms with Crippen molar-refractivity contribution in [2.75, 3.05) is 0 Å². The van der Waals surface area contributed by atoms with E-state index in [0.29, 0.717) is 11.1 Å². The van der Waals surface area contributed by atoms with Gasteiger partial charge in [0.2, 0.25) is 0 Å². The van der Waals surface area contributed by atoms with Gasteiger partial charge in [-0.2, -0.15) is 0 Å². The summed E-state index contributed by atoms with van der Waals surface area (Å²) < 4.78 is 0. The van der Waals surface area contributed by atoms with Gasteiger partial charge < -0.3 is 22.6 Å². The van der Waals surface area contributed by atoms with Gasteiger partial charge in [-0.25, -0.2) is 0 Å². The van der Waals surface area contributed by atoms with Crippen LogP contribution < -0.4 is 22.6 Å². The molecule has 0 N–H and O–H groups in total. The Labute approximate surface area is 221 Å². The van der Waals surface area contributed by atoms with E-state index < -0.39 is 0 Å². The van der Waals surface area contributed by atoms with Gasteiger partial charge in [0.25, 0.3) is 0 Å². The van der Waals surface area contributed by atoms with E-state index in [2.05, 4.69) is 41.5 Å². The van der Waals surface area contributed by atoms with Crippen LogP contribution in [0.25, 0.3) is 0 Å². The van der Waals surface area contributed by atoms with Crippen LogP contribution in [0.5, 0.6) is 11.5 Å². The maximum Gasteiger partial charge on any atom is 3.00 e. The van der Waals surface area contributed by atoms with Crippen molar-refractivity contribution in [3.05, 3.63) is 58.7 Å². The van der Waals surface area contributed by atoms with Crippen LogP contribution >= 0.6 is 0 Å². The summed E-state index contributed by atoms with van der Waals surface area (Å²) in [7, 11) is 0. The Balaban J connectivity index is 0.00000289. The monoisotopic (exact) mass is 526 g/mol. The van der Waals surface area contributed by atoms with E-state index in [9.17, 15) is 10.2 Å². The maximum absolute atomic E-state index is 12.4. The summed E-state index contributed by atoms with van der Waals surface area (Å²) in [6.45, 7) is 12.8. The zero-order valence-electron chi connectivity index (χ0n) is 21.0. The normalized spacial score (nSPS) is 19.1. The molecule has 0 aliphatic heterocycles. The zero-order valence-corrected chi connectivity index (χ0v) is 22.8. The van der Waals surface area contributed by atoms with E-state index >= 15 is 0 Å². The van der Waals surface area contributed by atoms with Gasteiger partial charge in [-0.05, 0) is 45.9 Å². The fourth-order valence-electron chi connectivity index (χ4n) is 4.02. The average Bonchev–Trinajstić information content (AvgIpc) is 2.71. The average molecular weight is 527 g/mol. The molecule has 0 radical (unpaired) electrons. The minimum Gasteiger partial charge on any atom is -1.00 e. The molecule has 3 rings (SSSR count). The third-order valence-electron chi connectivity index (χ3n) is 6.26. The molecule has 1 fully saturated rings. The Morgan fingerprint density at radius 2 is 1.06 bits per heavy atom. The van der Waals surface area contributed by atoms with E-state index in [1.54, 1.807) is 24.6 Å². The van der Waals surface area contributed by atoms with Gasteiger partial charge in [0.05, 0.1) is 12.1 Å². The number of nitrogens with zero attached hydrogens (tertiary/aromatic N) is 2. The van der Waals surface area contributed by atoms with Crippen LogP contribution in [-0.2, 0) is 27.6 Å². The second-order valence-corrected chi connectivity index (χ2v) is 11.0. The molecule has 0 spiro atoms. The molecule has 4 nitrogen and oxygen atoms in total. The molecule has 34 heavy (non-hydrogen) atoms.